The molecule has 1 fully saturated rings. The van der Waals surface area contributed by atoms with Crippen molar-refractivity contribution in [2.75, 3.05) is 58.7 Å². The zero-order chi connectivity index (χ0) is 24.5. The Balaban J connectivity index is 1.51. The highest BCUT2D eigenvalue weighted by Crippen LogP contribution is 2.31. The van der Waals surface area contributed by atoms with Crippen LogP contribution in [-0.4, -0.2) is 85.0 Å². The summed E-state index contributed by atoms with van der Waals surface area (Å²) in [6.07, 6.45) is 3.31. The van der Waals surface area contributed by atoms with Crippen molar-refractivity contribution in [2.24, 2.45) is 0 Å². The number of carbonyl (C=O) groups excluding carboxylic acids is 2. The molecule has 2 aromatic rings. The lowest BCUT2D eigenvalue weighted by molar-refractivity contribution is -0.131. The normalized spacial score (nSPS) is 13.9. The van der Waals surface area contributed by atoms with Crippen LogP contribution in [-0.2, 0) is 22.4 Å². The van der Waals surface area contributed by atoms with Gasteiger partial charge in [-0.15, -0.1) is 0 Å². The van der Waals surface area contributed by atoms with Crippen LogP contribution in [0.25, 0.3) is 0 Å². The van der Waals surface area contributed by atoms with Crippen molar-refractivity contribution < 1.29 is 14.3 Å². The number of carbonyl (C=O) groups is 2. The van der Waals surface area contributed by atoms with Crippen molar-refractivity contribution in [1.82, 2.24) is 25.1 Å². The lowest BCUT2D eigenvalue weighted by Gasteiger charge is -2.32. The van der Waals surface area contributed by atoms with E-state index >= 15 is 0 Å². The van der Waals surface area contributed by atoms with E-state index in [4.69, 9.17) is 21.6 Å². The number of nitriles is 1. The zero-order valence-electron chi connectivity index (χ0n) is 19.3. The van der Waals surface area contributed by atoms with Gasteiger partial charge in [-0.1, -0.05) is 11.6 Å². The van der Waals surface area contributed by atoms with E-state index in [1.54, 1.807) is 12.1 Å². The molecule has 1 saturated heterocycles. The fraction of sp³-hybridized carbons (Fsp3) is 0.435. The third-order valence-corrected chi connectivity index (χ3v) is 5.86. The van der Waals surface area contributed by atoms with E-state index in [9.17, 15) is 9.59 Å². The summed E-state index contributed by atoms with van der Waals surface area (Å²) < 4.78 is 5.43. The molecule has 0 atom stereocenters. The second-order valence-electron chi connectivity index (χ2n) is 7.98. The van der Waals surface area contributed by atoms with Gasteiger partial charge in [0.2, 0.25) is 11.8 Å². The molecule has 11 heteroatoms. The maximum absolute atomic E-state index is 12.4. The van der Waals surface area contributed by atoms with E-state index in [0.717, 1.165) is 31.7 Å². The third-order valence-electron chi connectivity index (χ3n) is 5.51. The standard InChI is InChI=1S/C23H28ClN7O3/c1-30-5-7-31(8-6-30)23(33)15-26-4-3-16-9-21(34-2)20(11-19(16)24)29-22(32)10-17-13-28-18(12-25)14-27-17/h9,11,13-14,26H,3-8,10,15H2,1-2H3,(H,29,32). The fourth-order valence-electron chi connectivity index (χ4n) is 3.50. The number of nitrogens with zero attached hydrogens (tertiary/aromatic N) is 5. The van der Waals surface area contributed by atoms with Crippen LogP contribution < -0.4 is 15.4 Å². The largest absolute Gasteiger partial charge is 0.495 e. The van der Waals surface area contributed by atoms with Crippen LogP contribution >= 0.6 is 11.6 Å². The van der Waals surface area contributed by atoms with Gasteiger partial charge in [0.25, 0.3) is 0 Å². The molecule has 1 aromatic heterocycles. The molecule has 0 bridgehead atoms. The minimum Gasteiger partial charge on any atom is -0.495 e. The number of hydrogen-bond donors (Lipinski definition) is 2. The second kappa shape index (κ2) is 12.3. The quantitative estimate of drug-likeness (QED) is 0.506. The number of amides is 2. The smallest absolute Gasteiger partial charge is 0.236 e. The van der Waals surface area contributed by atoms with Crippen LogP contribution in [0.5, 0.6) is 5.75 Å². The van der Waals surface area contributed by atoms with Gasteiger partial charge in [-0.2, -0.15) is 5.26 Å². The number of piperazine rings is 1. The number of rotatable bonds is 9. The molecule has 1 aliphatic heterocycles. The average molecular weight is 486 g/mol. The summed E-state index contributed by atoms with van der Waals surface area (Å²) in [5.41, 5.74) is 1.91. The van der Waals surface area contributed by atoms with Crippen LogP contribution in [0, 0.1) is 11.3 Å². The summed E-state index contributed by atoms with van der Waals surface area (Å²) in [4.78, 5) is 36.8. The number of likely N-dealkylation sites (N-methyl/N-ethyl adjacent to an activating group) is 1. The van der Waals surface area contributed by atoms with Gasteiger partial charge in [0.05, 0.1) is 43.9 Å². The van der Waals surface area contributed by atoms with Crippen molar-refractivity contribution in [1.29, 1.82) is 5.26 Å². The van der Waals surface area contributed by atoms with Crippen LogP contribution in [0.3, 0.4) is 0 Å². The maximum atomic E-state index is 12.4. The number of ether oxygens (including phenoxy) is 1. The predicted octanol–water partition coefficient (Wildman–Crippen LogP) is 1.10. The minimum absolute atomic E-state index is 0.00745. The number of anilines is 1. The number of nitrogens with one attached hydrogen (secondary N) is 2. The first kappa shape index (κ1) is 25.4. The molecule has 10 nitrogen and oxygen atoms in total. The van der Waals surface area contributed by atoms with Crippen LogP contribution in [0.1, 0.15) is 17.0 Å². The molecular weight excluding hydrogens is 458 g/mol. The van der Waals surface area contributed by atoms with Crippen molar-refractivity contribution >= 4 is 29.1 Å². The van der Waals surface area contributed by atoms with Crippen molar-refractivity contribution in [3.05, 3.63) is 46.5 Å². The topological polar surface area (TPSA) is 123 Å². The number of benzene rings is 1. The Bertz CT molecular complexity index is 1050. The van der Waals surface area contributed by atoms with Crippen LogP contribution in [0.4, 0.5) is 5.69 Å². The first-order valence-corrected chi connectivity index (χ1v) is 11.3. The molecule has 2 N–H and O–H groups in total. The summed E-state index contributed by atoms with van der Waals surface area (Å²) >= 11 is 6.44. The van der Waals surface area contributed by atoms with Gasteiger partial charge < -0.3 is 25.2 Å². The molecule has 1 aliphatic rings. The van der Waals surface area contributed by atoms with Gasteiger partial charge in [0.1, 0.15) is 11.8 Å². The Hall–Kier alpha value is -3.26. The Kier molecular flexibility index (Phi) is 9.16. The summed E-state index contributed by atoms with van der Waals surface area (Å²) in [5.74, 6) is 0.263. The van der Waals surface area contributed by atoms with Crippen LogP contribution in [0.2, 0.25) is 5.02 Å². The Morgan fingerprint density at radius 3 is 2.62 bits per heavy atom. The predicted molar refractivity (Wildman–Crippen MR) is 128 cm³/mol. The minimum atomic E-state index is -0.315. The van der Waals surface area contributed by atoms with Gasteiger partial charge in [-0.05, 0) is 37.7 Å². The monoisotopic (exact) mass is 485 g/mol. The lowest BCUT2D eigenvalue weighted by Crippen LogP contribution is -2.49. The Morgan fingerprint density at radius 1 is 1.21 bits per heavy atom. The van der Waals surface area contributed by atoms with Gasteiger partial charge >= 0.3 is 0 Å². The van der Waals surface area contributed by atoms with E-state index in [-0.39, 0.29) is 30.5 Å². The van der Waals surface area contributed by atoms with Crippen molar-refractivity contribution in [2.45, 2.75) is 12.8 Å². The molecule has 180 valence electrons. The first-order chi connectivity index (χ1) is 16.4. The maximum Gasteiger partial charge on any atom is 0.236 e. The molecule has 0 saturated carbocycles. The number of aromatic nitrogens is 2. The van der Waals surface area contributed by atoms with Crippen molar-refractivity contribution in [3.8, 4) is 11.8 Å². The lowest BCUT2D eigenvalue weighted by atomic mass is 10.1. The molecule has 2 amide bonds. The second-order valence-corrected chi connectivity index (χ2v) is 8.39. The molecule has 0 unspecified atom stereocenters. The molecular formula is C23H28ClN7O3. The molecule has 3 rings (SSSR count). The number of methoxy groups -OCH3 is 1. The molecule has 0 aliphatic carbocycles. The van der Waals surface area contributed by atoms with Gasteiger partial charge in [0, 0.05) is 31.2 Å². The third kappa shape index (κ3) is 7.12. The average Bonchev–Trinajstić information content (AvgIpc) is 2.83. The van der Waals surface area contributed by atoms with Gasteiger partial charge in [-0.25, -0.2) is 4.98 Å². The number of hydrogen-bond acceptors (Lipinski definition) is 8. The molecule has 1 aromatic carbocycles. The van der Waals surface area contributed by atoms with E-state index < -0.39 is 0 Å². The SMILES string of the molecule is COc1cc(CCNCC(=O)N2CCN(C)CC2)c(Cl)cc1NC(=O)Cc1cnc(C#N)cn1. The fourth-order valence-corrected chi connectivity index (χ4v) is 3.76. The summed E-state index contributed by atoms with van der Waals surface area (Å²) in [5, 5.41) is 15.2. The van der Waals surface area contributed by atoms with Crippen molar-refractivity contribution in [3.63, 3.8) is 0 Å². The number of halogens is 1. The van der Waals surface area contributed by atoms with Gasteiger partial charge in [-0.3, -0.25) is 14.6 Å². The first-order valence-electron chi connectivity index (χ1n) is 10.9. The summed E-state index contributed by atoms with van der Waals surface area (Å²) in [6.45, 7) is 4.15. The highest BCUT2D eigenvalue weighted by molar-refractivity contribution is 6.31. The summed E-state index contributed by atoms with van der Waals surface area (Å²) in [7, 11) is 3.57. The molecule has 2 heterocycles. The van der Waals surface area contributed by atoms with E-state index in [1.807, 2.05) is 11.0 Å². The van der Waals surface area contributed by atoms with E-state index in [0.29, 0.717) is 35.1 Å². The van der Waals surface area contributed by atoms with E-state index in [2.05, 4.69) is 32.5 Å². The van der Waals surface area contributed by atoms with Gasteiger partial charge in [0.15, 0.2) is 5.69 Å². The summed E-state index contributed by atoms with van der Waals surface area (Å²) in [6, 6.07) is 5.31. The highest BCUT2D eigenvalue weighted by Gasteiger charge is 2.18. The molecule has 0 spiro atoms. The van der Waals surface area contributed by atoms with Crippen LogP contribution in [0.15, 0.2) is 24.5 Å². The zero-order valence-corrected chi connectivity index (χ0v) is 20.1. The highest BCUT2D eigenvalue weighted by atomic mass is 35.5. The molecule has 34 heavy (non-hydrogen) atoms. The van der Waals surface area contributed by atoms with E-state index in [1.165, 1.54) is 19.5 Å². The Labute approximate surface area is 203 Å². The molecule has 0 radical (unpaired) electrons. The Morgan fingerprint density at radius 2 is 1.97 bits per heavy atom.